The highest BCUT2D eigenvalue weighted by Crippen LogP contribution is 2.23. The molecule has 0 aromatic carbocycles. The molecule has 1 rings (SSSR count). The molecule has 3 N–H and O–H groups in total. The van der Waals surface area contributed by atoms with Gasteiger partial charge in [-0.2, -0.15) is 0 Å². The molecule has 5 radical (unpaired) electrons. The third kappa shape index (κ3) is 1.98. The average Bonchev–Trinajstić information content (AvgIpc) is 2.45. The van der Waals surface area contributed by atoms with Gasteiger partial charge in [-0.1, -0.05) is 0 Å². The van der Waals surface area contributed by atoms with Crippen molar-refractivity contribution in [1.82, 2.24) is 0 Å². The Morgan fingerprint density at radius 2 is 2.36 bits per heavy atom. The summed E-state index contributed by atoms with van der Waals surface area (Å²) in [6.07, 6.45) is -2.59. The van der Waals surface area contributed by atoms with E-state index in [1.54, 1.807) is 0 Å². The lowest BCUT2D eigenvalue weighted by Gasteiger charge is -2.13. The van der Waals surface area contributed by atoms with Gasteiger partial charge in [0.25, 0.3) is 9.28 Å². The van der Waals surface area contributed by atoms with E-state index in [0.717, 1.165) is 0 Å². The van der Waals surface area contributed by atoms with Gasteiger partial charge in [0, 0.05) is 0 Å². The van der Waals surface area contributed by atoms with E-state index >= 15 is 0 Å². The second kappa shape index (κ2) is 4.59. The van der Waals surface area contributed by atoms with E-state index in [1.165, 1.54) is 0 Å². The maximum Gasteiger partial charge on any atom is 0.376 e. The molecule has 2 atom stereocenters. The molecule has 1 aliphatic rings. The lowest BCUT2D eigenvalue weighted by atomic mass is 10.2. The Kier molecular flexibility index (Phi) is 3.69. The van der Waals surface area contributed by atoms with Crippen molar-refractivity contribution in [3.8, 4) is 0 Å². The van der Waals surface area contributed by atoms with Crippen LogP contribution in [0.25, 0.3) is 0 Å². The standard InChI is InChI=1S/C6H7O6Si2/c7-1-2(8)4-3(9)5(12-14-13)6(10)11-4/h2,4,7-9H,1H2/t2-,4+/m0/s1. The predicted octanol–water partition coefficient (Wildman–Crippen LogP) is -2.25. The molecule has 0 unspecified atom stereocenters. The van der Waals surface area contributed by atoms with E-state index in [9.17, 15) is 9.90 Å². The van der Waals surface area contributed by atoms with Crippen LogP contribution in [-0.2, 0) is 14.0 Å². The van der Waals surface area contributed by atoms with Gasteiger partial charge in [0.2, 0.25) is 5.76 Å². The van der Waals surface area contributed by atoms with Gasteiger partial charge in [-0.25, -0.2) is 4.79 Å². The minimum absolute atomic E-state index is 0.210. The fraction of sp³-hybridized carbons (Fsp3) is 0.500. The number of aliphatic hydroxyl groups excluding tert-OH is 3. The molecular weight excluding hydrogens is 224 g/mol. The number of ether oxygens (including phenoxy) is 1. The summed E-state index contributed by atoms with van der Waals surface area (Å²) in [6.45, 7) is -0.620. The van der Waals surface area contributed by atoms with Crippen LogP contribution in [0.4, 0.5) is 0 Å². The highest BCUT2D eigenvalue weighted by atomic mass is 29.1. The molecule has 0 saturated heterocycles. The molecule has 0 fully saturated rings. The predicted molar refractivity (Wildman–Crippen MR) is 45.2 cm³/mol. The second-order valence-electron chi connectivity index (χ2n) is 2.49. The Hall–Kier alpha value is -0.836. The maximum atomic E-state index is 11.0. The Bertz CT molecular complexity index is 265. The summed E-state index contributed by atoms with van der Waals surface area (Å²) >= 11 is 0. The largest absolute Gasteiger partial charge is 0.538 e. The van der Waals surface area contributed by atoms with E-state index in [0.29, 0.717) is 0 Å². The van der Waals surface area contributed by atoms with Gasteiger partial charge in [0.15, 0.2) is 11.9 Å². The average molecular weight is 231 g/mol. The number of cyclic esters (lactones) is 1. The number of carbonyl (C=O) groups excluding carboxylic acids is 1. The lowest BCUT2D eigenvalue weighted by Crippen LogP contribution is -2.31. The van der Waals surface area contributed by atoms with Crippen LogP contribution in [-0.4, -0.2) is 59.1 Å². The van der Waals surface area contributed by atoms with Gasteiger partial charge in [-0.3, -0.25) is 0 Å². The van der Waals surface area contributed by atoms with E-state index in [4.69, 9.17) is 14.6 Å². The van der Waals surface area contributed by atoms with Crippen molar-refractivity contribution in [3.63, 3.8) is 0 Å². The van der Waals surface area contributed by atoms with Crippen LogP contribution in [0, 0.1) is 0 Å². The smallest absolute Gasteiger partial charge is 0.376 e. The Balaban J connectivity index is 2.81. The van der Waals surface area contributed by atoms with Crippen molar-refractivity contribution in [2.24, 2.45) is 0 Å². The zero-order valence-corrected chi connectivity index (χ0v) is 8.93. The molecule has 8 heteroatoms. The molecule has 1 heterocycles. The summed E-state index contributed by atoms with van der Waals surface area (Å²) in [5, 5.41) is 27.1. The number of hydrogen-bond donors (Lipinski definition) is 3. The normalized spacial score (nSPS) is 23.6. The van der Waals surface area contributed by atoms with Crippen LogP contribution in [0.1, 0.15) is 0 Å². The SMILES string of the molecule is O=C1O[C@H]([C@@H](O)CO)C(O)=C1O[Si][Si]. The minimum atomic E-state index is -1.35. The topological polar surface area (TPSA) is 96.2 Å². The number of esters is 1. The molecule has 0 aromatic rings. The van der Waals surface area contributed by atoms with Crippen LogP contribution in [0.15, 0.2) is 11.5 Å². The monoisotopic (exact) mass is 231 g/mol. The third-order valence-corrected chi connectivity index (χ3v) is 2.22. The summed E-state index contributed by atoms with van der Waals surface area (Å²) in [6, 6.07) is 0. The van der Waals surface area contributed by atoms with Gasteiger partial charge in [0.05, 0.1) is 16.4 Å². The first-order chi connectivity index (χ1) is 6.61. The van der Waals surface area contributed by atoms with E-state index in [2.05, 4.69) is 14.5 Å². The van der Waals surface area contributed by atoms with Gasteiger partial charge in [0.1, 0.15) is 6.10 Å². The van der Waals surface area contributed by atoms with Crippen LogP contribution < -0.4 is 0 Å². The zero-order valence-electron chi connectivity index (χ0n) is 6.93. The molecule has 0 saturated carbocycles. The van der Waals surface area contributed by atoms with Crippen molar-refractivity contribution in [1.29, 1.82) is 0 Å². The van der Waals surface area contributed by atoms with Crippen LogP contribution in [0.2, 0.25) is 0 Å². The number of hydrogen-bond acceptors (Lipinski definition) is 6. The van der Waals surface area contributed by atoms with E-state index in [1.807, 2.05) is 0 Å². The summed E-state index contributed by atoms with van der Waals surface area (Å²) in [4.78, 5) is 11.0. The molecule has 0 bridgehead atoms. The fourth-order valence-electron chi connectivity index (χ4n) is 0.960. The maximum absolute atomic E-state index is 11.0. The quantitative estimate of drug-likeness (QED) is 0.374. The molecule has 0 amide bonds. The van der Waals surface area contributed by atoms with Crippen LogP contribution >= 0.6 is 0 Å². The number of rotatable bonds is 4. The summed E-state index contributed by atoms with van der Waals surface area (Å²) in [5.41, 5.74) is 0. The molecular formula is C6H7O6Si2. The molecule has 1 aliphatic heterocycles. The van der Waals surface area contributed by atoms with Gasteiger partial charge < -0.3 is 24.5 Å². The number of aliphatic hydroxyl groups is 3. The van der Waals surface area contributed by atoms with Crippen molar-refractivity contribution in [3.05, 3.63) is 11.5 Å². The van der Waals surface area contributed by atoms with E-state index in [-0.39, 0.29) is 15.0 Å². The first-order valence-electron chi connectivity index (χ1n) is 3.63. The minimum Gasteiger partial charge on any atom is -0.538 e. The Labute approximate surface area is 85.3 Å². The zero-order chi connectivity index (χ0) is 10.7. The number of carbonyl (C=O) groups is 1. The molecule has 75 valence electrons. The van der Waals surface area contributed by atoms with Crippen LogP contribution in [0.3, 0.4) is 0 Å². The summed E-state index contributed by atoms with van der Waals surface area (Å²) < 4.78 is 9.33. The van der Waals surface area contributed by atoms with Crippen molar-refractivity contribution < 1.29 is 29.3 Å². The summed E-state index contributed by atoms with van der Waals surface area (Å²) in [5.74, 6) is -1.69. The molecule has 6 nitrogen and oxygen atoms in total. The van der Waals surface area contributed by atoms with Gasteiger partial charge >= 0.3 is 5.97 Å². The van der Waals surface area contributed by atoms with Gasteiger partial charge in [-0.15, -0.1) is 0 Å². The fourth-order valence-corrected chi connectivity index (χ4v) is 1.56. The molecule has 0 spiro atoms. The second-order valence-corrected chi connectivity index (χ2v) is 3.51. The molecule has 0 aliphatic carbocycles. The van der Waals surface area contributed by atoms with Crippen LogP contribution in [0.5, 0.6) is 0 Å². The Morgan fingerprint density at radius 1 is 1.71 bits per heavy atom. The van der Waals surface area contributed by atoms with Crippen molar-refractivity contribution in [2.45, 2.75) is 12.2 Å². The van der Waals surface area contributed by atoms with E-state index < -0.39 is 30.5 Å². The highest BCUT2D eigenvalue weighted by Gasteiger charge is 2.39. The van der Waals surface area contributed by atoms with Crippen molar-refractivity contribution in [2.75, 3.05) is 6.61 Å². The Morgan fingerprint density at radius 3 is 2.86 bits per heavy atom. The lowest BCUT2D eigenvalue weighted by molar-refractivity contribution is -0.147. The first-order valence-corrected chi connectivity index (χ1v) is 6.04. The molecule has 0 aromatic heterocycles. The highest BCUT2D eigenvalue weighted by molar-refractivity contribution is 6.85. The summed E-state index contributed by atoms with van der Waals surface area (Å²) in [7, 11) is 2.77. The molecule has 14 heavy (non-hydrogen) atoms. The first kappa shape index (κ1) is 11.2. The van der Waals surface area contributed by atoms with Crippen molar-refractivity contribution >= 4 is 25.0 Å². The van der Waals surface area contributed by atoms with Gasteiger partial charge in [-0.05, 0) is 0 Å². The third-order valence-electron chi connectivity index (χ3n) is 1.61.